The minimum atomic E-state index is -0.860. The highest BCUT2D eigenvalue weighted by Gasteiger charge is 2.13. The number of benzene rings is 1. The number of urea groups is 1. The number of rotatable bonds is 5. The third kappa shape index (κ3) is 6.00. The molecule has 5 nitrogen and oxygen atoms in total. The number of amides is 2. The van der Waals surface area contributed by atoms with Crippen molar-refractivity contribution in [2.45, 2.75) is 36.5 Å². The van der Waals surface area contributed by atoms with Crippen LogP contribution in [0.25, 0.3) is 0 Å². The quantitative estimate of drug-likeness (QED) is 0.722. The average Bonchev–Trinajstić information content (AvgIpc) is 2.99. The van der Waals surface area contributed by atoms with Crippen LogP contribution < -0.4 is 10.6 Å². The molecule has 2 amide bonds. The van der Waals surface area contributed by atoms with Gasteiger partial charge in [0.25, 0.3) is 0 Å². The van der Waals surface area contributed by atoms with Gasteiger partial charge in [0, 0.05) is 15.3 Å². The number of thioether (sulfide) groups is 1. The minimum Gasteiger partial charge on any atom is -0.467 e. The third-order valence-corrected chi connectivity index (χ3v) is 3.98. The summed E-state index contributed by atoms with van der Waals surface area (Å²) in [6.07, 6.45) is 0.622. The number of hydrogen-bond acceptors (Lipinski definition) is 4. The Hall–Kier alpha value is -1.92. The van der Waals surface area contributed by atoms with Gasteiger partial charge in [0.2, 0.25) is 0 Å². The number of aliphatic hydroxyl groups is 1. The van der Waals surface area contributed by atoms with Crippen LogP contribution in [0.4, 0.5) is 10.5 Å². The van der Waals surface area contributed by atoms with E-state index in [1.54, 1.807) is 23.9 Å². The molecule has 0 fully saturated rings. The van der Waals surface area contributed by atoms with Crippen LogP contribution in [-0.4, -0.2) is 22.4 Å². The van der Waals surface area contributed by atoms with E-state index in [1.165, 1.54) is 6.26 Å². The first kappa shape index (κ1) is 17.4. The second-order valence-electron chi connectivity index (χ2n) is 6.11. The Balaban J connectivity index is 1.81. The van der Waals surface area contributed by atoms with Gasteiger partial charge in [-0.25, -0.2) is 4.79 Å². The van der Waals surface area contributed by atoms with Gasteiger partial charge in [-0.15, -0.1) is 11.8 Å². The number of anilines is 1. The SMILES string of the molecule is CC(C)(C)Sc1ccc(NC(=O)NCC(O)c2ccco2)cc1. The molecular weight excluding hydrogens is 312 g/mol. The Morgan fingerprint density at radius 1 is 1.26 bits per heavy atom. The lowest BCUT2D eigenvalue weighted by molar-refractivity contribution is 0.149. The summed E-state index contributed by atoms with van der Waals surface area (Å²) in [5, 5.41) is 15.2. The van der Waals surface area contributed by atoms with Gasteiger partial charge in [-0.1, -0.05) is 20.8 Å². The maximum Gasteiger partial charge on any atom is 0.319 e. The molecule has 2 aromatic rings. The standard InChI is InChI=1S/C17H22N2O3S/c1-17(2,3)23-13-8-6-12(7-9-13)19-16(21)18-11-14(20)15-5-4-10-22-15/h4-10,14,20H,11H2,1-3H3,(H2,18,19,21). The van der Waals surface area contributed by atoms with E-state index in [-0.39, 0.29) is 17.3 Å². The Bertz CT molecular complexity index is 618. The fourth-order valence-electron chi connectivity index (χ4n) is 1.91. The summed E-state index contributed by atoms with van der Waals surface area (Å²) < 4.78 is 5.22. The second kappa shape index (κ2) is 7.57. The first-order chi connectivity index (χ1) is 10.8. The molecule has 0 saturated carbocycles. The second-order valence-corrected chi connectivity index (χ2v) is 8.01. The number of nitrogens with one attached hydrogen (secondary N) is 2. The molecule has 0 radical (unpaired) electrons. The van der Waals surface area contributed by atoms with Crippen molar-refractivity contribution in [3.05, 3.63) is 48.4 Å². The van der Waals surface area contributed by atoms with Gasteiger partial charge in [0.1, 0.15) is 11.9 Å². The first-order valence-electron chi connectivity index (χ1n) is 7.39. The Kier molecular flexibility index (Phi) is 5.74. The van der Waals surface area contributed by atoms with Crippen molar-refractivity contribution in [3.63, 3.8) is 0 Å². The molecule has 1 unspecified atom stereocenters. The fraction of sp³-hybridized carbons (Fsp3) is 0.353. The van der Waals surface area contributed by atoms with Gasteiger partial charge in [-0.05, 0) is 36.4 Å². The largest absolute Gasteiger partial charge is 0.467 e. The molecule has 1 heterocycles. The topological polar surface area (TPSA) is 74.5 Å². The van der Waals surface area contributed by atoms with Gasteiger partial charge in [0.15, 0.2) is 0 Å². The smallest absolute Gasteiger partial charge is 0.319 e. The predicted molar refractivity (Wildman–Crippen MR) is 92.7 cm³/mol. The van der Waals surface area contributed by atoms with Crippen molar-refractivity contribution < 1.29 is 14.3 Å². The molecule has 0 aliphatic heterocycles. The molecule has 1 atom stereocenters. The molecule has 3 N–H and O–H groups in total. The van der Waals surface area contributed by atoms with Crippen LogP contribution in [0.3, 0.4) is 0 Å². The summed E-state index contributed by atoms with van der Waals surface area (Å²) in [7, 11) is 0. The molecular formula is C17H22N2O3S. The van der Waals surface area contributed by atoms with Crippen LogP contribution >= 0.6 is 11.8 Å². The number of carbonyl (C=O) groups excluding carboxylic acids is 1. The van der Waals surface area contributed by atoms with Crippen molar-refractivity contribution in [1.82, 2.24) is 5.32 Å². The lowest BCUT2D eigenvalue weighted by Gasteiger charge is -2.17. The van der Waals surface area contributed by atoms with Crippen molar-refractivity contribution in [2.75, 3.05) is 11.9 Å². The van der Waals surface area contributed by atoms with Crippen LogP contribution in [0, 0.1) is 0 Å². The highest BCUT2D eigenvalue weighted by molar-refractivity contribution is 8.00. The maximum absolute atomic E-state index is 11.8. The van der Waals surface area contributed by atoms with Gasteiger partial charge in [-0.2, -0.15) is 0 Å². The number of aliphatic hydroxyl groups excluding tert-OH is 1. The highest BCUT2D eigenvalue weighted by Crippen LogP contribution is 2.32. The van der Waals surface area contributed by atoms with Crippen molar-refractivity contribution in [2.24, 2.45) is 0 Å². The Labute approximate surface area is 140 Å². The zero-order valence-electron chi connectivity index (χ0n) is 13.5. The molecule has 0 aliphatic carbocycles. The molecule has 0 spiro atoms. The zero-order chi connectivity index (χ0) is 16.9. The summed E-state index contributed by atoms with van der Waals surface area (Å²) in [6, 6.07) is 10.7. The zero-order valence-corrected chi connectivity index (χ0v) is 14.3. The highest BCUT2D eigenvalue weighted by atomic mass is 32.2. The summed E-state index contributed by atoms with van der Waals surface area (Å²) in [4.78, 5) is 13.0. The summed E-state index contributed by atoms with van der Waals surface area (Å²) in [6.45, 7) is 6.54. The lowest BCUT2D eigenvalue weighted by Crippen LogP contribution is -2.32. The average molecular weight is 334 g/mol. The van der Waals surface area contributed by atoms with E-state index in [0.717, 1.165) is 4.90 Å². The molecule has 0 saturated heterocycles. The summed E-state index contributed by atoms with van der Waals surface area (Å²) in [5.74, 6) is 0.425. The number of carbonyl (C=O) groups is 1. The van der Waals surface area contributed by atoms with E-state index < -0.39 is 6.10 Å². The Morgan fingerprint density at radius 2 is 1.96 bits per heavy atom. The van der Waals surface area contributed by atoms with Crippen LogP contribution in [0.15, 0.2) is 52.0 Å². The van der Waals surface area contributed by atoms with Crippen LogP contribution in [0.2, 0.25) is 0 Å². The van der Waals surface area contributed by atoms with E-state index in [9.17, 15) is 9.90 Å². The molecule has 6 heteroatoms. The van der Waals surface area contributed by atoms with Crippen molar-refractivity contribution in [1.29, 1.82) is 0 Å². The normalized spacial score (nSPS) is 12.7. The molecule has 2 rings (SSSR count). The van der Waals surface area contributed by atoms with Crippen molar-refractivity contribution in [3.8, 4) is 0 Å². The molecule has 1 aromatic carbocycles. The van der Waals surface area contributed by atoms with Crippen LogP contribution in [0.1, 0.15) is 32.6 Å². The van der Waals surface area contributed by atoms with Crippen LogP contribution in [-0.2, 0) is 0 Å². The number of hydrogen-bond donors (Lipinski definition) is 3. The van der Waals surface area contributed by atoms with Gasteiger partial charge >= 0.3 is 6.03 Å². The van der Waals surface area contributed by atoms with E-state index in [0.29, 0.717) is 11.4 Å². The number of furan rings is 1. The lowest BCUT2D eigenvalue weighted by atomic mass is 10.3. The fourth-order valence-corrected chi connectivity index (χ4v) is 2.89. The maximum atomic E-state index is 11.8. The minimum absolute atomic E-state index is 0.0807. The molecule has 0 aliphatic rings. The Morgan fingerprint density at radius 3 is 2.52 bits per heavy atom. The molecule has 0 bridgehead atoms. The van der Waals surface area contributed by atoms with Crippen molar-refractivity contribution >= 4 is 23.5 Å². The molecule has 23 heavy (non-hydrogen) atoms. The summed E-state index contributed by atoms with van der Waals surface area (Å²) >= 11 is 1.77. The van der Waals surface area contributed by atoms with E-state index in [4.69, 9.17) is 4.42 Å². The monoisotopic (exact) mass is 334 g/mol. The van der Waals surface area contributed by atoms with Crippen LogP contribution in [0.5, 0.6) is 0 Å². The predicted octanol–water partition coefficient (Wildman–Crippen LogP) is 4.03. The third-order valence-electron chi connectivity index (χ3n) is 2.86. The van der Waals surface area contributed by atoms with E-state index >= 15 is 0 Å². The van der Waals surface area contributed by atoms with Gasteiger partial charge < -0.3 is 20.2 Å². The summed E-state index contributed by atoms with van der Waals surface area (Å²) in [5.41, 5.74) is 0.702. The van der Waals surface area contributed by atoms with Gasteiger partial charge in [-0.3, -0.25) is 0 Å². The first-order valence-corrected chi connectivity index (χ1v) is 8.20. The molecule has 124 valence electrons. The molecule has 1 aromatic heterocycles. The van der Waals surface area contributed by atoms with Gasteiger partial charge in [0.05, 0.1) is 12.8 Å². The van der Waals surface area contributed by atoms with E-state index in [1.807, 2.05) is 24.3 Å². The van der Waals surface area contributed by atoms with E-state index in [2.05, 4.69) is 31.4 Å².